The normalized spacial score (nSPS) is 17.9. The molecule has 3 heterocycles. The molecule has 47 heavy (non-hydrogen) atoms. The molecule has 11 nitrogen and oxygen atoms in total. The van der Waals surface area contributed by atoms with Gasteiger partial charge in [-0.15, -0.1) is 0 Å². The number of aliphatic carboxylic acids is 3. The zero-order valence-electron chi connectivity index (χ0n) is 24.4. The molecule has 20 heteroatoms. The number of carboxylic acids is 3. The first-order valence-electron chi connectivity index (χ1n) is 13.9. The quantitative estimate of drug-likeness (QED) is 0.318. The second kappa shape index (κ2) is 16.8. The fourth-order valence-corrected chi connectivity index (χ4v) is 4.03. The van der Waals surface area contributed by atoms with Crippen LogP contribution in [0, 0.1) is 11.8 Å². The minimum atomic E-state index is -5.08. The zero-order valence-corrected chi connectivity index (χ0v) is 24.4. The molecule has 0 radical (unpaired) electrons. The number of hydrogen-bond donors (Lipinski definition) is 3. The SMILES string of the molecule is O=C(O)C(F)(F)F.O=C(O)C(F)(F)F.O=C(O)C(F)(F)F.c1cncc(CN2CCc3cnn(CC4CC4)c3C2COCC2CC2)c1. The van der Waals surface area contributed by atoms with Crippen LogP contribution in [-0.4, -0.2) is 91.2 Å². The molecule has 1 unspecified atom stereocenters. The van der Waals surface area contributed by atoms with Crippen LogP contribution in [0.25, 0.3) is 0 Å². The maximum atomic E-state index is 10.6. The Bertz CT molecular complexity index is 1250. The second-order valence-electron chi connectivity index (χ2n) is 10.7. The van der Waals surface area contributed by atoms with Crippen molar-refractivity contribution in [1.29, 1.82) is 0 Å². The number of pyridine rings is 1. The maximum absolute atomic E-state index is 10.6. The highest BCUT2D eigenvalue weighted by Crippen LogP contribution is 2.36. The van der Waals surface area contributed by atoms with Crippen LogP contribution in [0.4, 0.5) is 39.5 Å². The number of carbonyl (C=O) groups is 3. The minimum Gasteiger partial charge on any atom is -0.475 e. The maximum Gasteiger partial charge on any atom is 0.490 e. The van der Waals surface area contributed by atoms with Gasteiger partial charge in [-0.25, -0.2) is 14.4 Å². The van der Waals surface area contributed by atoms with Crippen LogP contribution in [0.1, 0.15) is 48.5 Å². The minimum absolute atomic E-state index is 0.305. The number of alkyl halides is 9. The van der Waals surface area contributed by atoms with E-state index in [1.54, 1.807) is 0 Å². The molecule has 2 saturated carbocycles. The van der Waals surface area contributed by atoms with Gasteiger partial charge in [-0.1, -0.05) is 6.07 Å². The lowest BCUT2D eigenvalue weighted by Crippen LogP contribution is -2.38. The van der Waals surface area contributed by atoms with Crippen LogP contribution in [0.5, 0.6) is 0 Å². The first-order valence-corrected chi connectivity index (χ1v) is 13.9. The standard InChI is InChI=1S/C21H28N4O.3C2HF3O2/c1-2-18(10-22-8-1)12-24-9-7-19-11-23-25(13-16-3-4-16)21(19)20(24)15-26-14-17-5-6-17;3*3-2(4,5)1(6)7/h1-2,8,10-11,16-17,20H,3-7,9,12-15H2;3*(H,6,7). The first kappa shape index (κ1) is 39.2. The number of carboxylic acid groups (broad SMARTS) is 3. The lowest BCUT2D eigenvalue weighted by Gasteiger charge is -2.36. The molecule has 3 N–H and O–H groups in total. The summed E-state index contributed by atoms with van der Waals surface area (Å²) in [5, 5.41) is 26.1. The number of rotatable bonds is 8. The van der Waals surface area contributed by atoms with E-state index in [1.807, 2.05) is 18.5 Å². The summed E-state index contributed by atoms with van der Waals surface area (Å²) in [6, 6.07) is 4.51. The van der Waals surface area contributed by atoms with Crippen molar-refractivity contribution in [2.45, 2.75) is 69.8 Å². The van der Waals surface area contributed by atoms with Crippen molar-refractivity contribution in [3.8, 4) is 0 Å². The molecule has 1 aliphatic heterocycles. The van der Waals surface area contributed by atoms with E-state index in [1.165, 1.54) is 42.5 Å². The lowest BCUT2D eigenvalue weighted by molar-refractivity contribution is -0.193. The van der Waals surface area contributed by atoms with Crippen LogP contribution in [0.3, 0.4) is 0 Å². The van der Waals surface area contributed by atoms with Crippen molar-refractivity contribution < 1.29 is 74.0 Å². The van der Waals surface area contributed by atoms with E-state index in [9.17, 15) is 39.5 Å². The monoisotopic (exact) mass is 694 g/mol. The number of aromatic nitrogens is 3. The predicted octanol–water partition coefficient (Wildman–Crippen LogP) is 5.11. The highest BCUT2D eigenvalue weighted by molar-refractivity contribution is 5.73. The molecule has 0 spiro atoms. The smallest absolute Gasteiger partial charge is 0.475 e. The Hall–Kier alpha value is -3.94. The first-order chi connectivity index (χ1) is 21.7. The van der Waals surface area contributed by atoms with Gasteiger partial charge in [-0.2, -0.15) is 44.6 Å². The molecule has 2 fully saturated rings. The van der Waals surface area contributed by atoms with Gasteiger partial charge in [-0.3, -0.25) is 14.6 Å². The molecule has 0 saturated heterocycles. The van der Waals surface area contributed by atoms with Gasteiger partial charge >= 0.3 is 36.4 Å². The van der Waals surface area contributed by atoms with Crippen molar-refractivity contribution in [3.63, 3.8) is 0 Å². The third-order valence-corrected chi connectivity index (χ3v) is 6.68. The number of halogens is 9. The Morgan fingerprint density at radius 3 is 1.74 bits per heavy atom. The van der Waals surface area contributed by atoms with Gasteiger partial charge in [0.05, 0.1) is 24.5 Å². The molecule has 1 atom stereocenters. The van der Waals surface area contributed by atoms with Gasteiger partial charge in [0, 0.05) is 38.6 Å². The molecular weight excluding hydrogens is 663 g/mol. The summed E-state index contributed by atoms with van der Waals surface area (Å²) in [5.41, 5.74) is 4.10. The Kier molecular flexibility index (Phi) is 14.0. The van der Waals surface area contributed by atoms with E-state index >= 15 is 0 Å². The van der Waals surface area contributed by atoms with Crippen LogP contribution >= 0.6 is 0 Å². The molecular formula is C27H31F9N4O7. The lowest BCUT2D eigenvalue weighted by atomic mass is 9.99. The van der Waals surface area contributed by atoms with E-state index < -0.39 is 36.4 Å². The largest absolute Gasteiger partial charge is 0.490 e. The third kappa shape index (κ3) is 14.6. The molecule has 2 aromatic rings. The summed E-state index contributed by atoms with van der Waals surface area (Å²) in [6.45, 7) is 4.77. The van der Waals surface area contributed by atoms with Crippen LogP contribution in [-0.2, 0) is 38.6 Å². The van der Waals surface area contributed by atoms with E-state index in [4.69, 9.17) is 39.5 Å². The van der Waals surface area contributed by atoms with Gasteiger partial charge in [0.15, 0.2) is 0 Å². The number of nitrogens with zero attached hydrogens (tertiary/aromatic N) is 4. The molecule has 3 aliphatic rings. The van der Waals surface area contributed by atoms with E-state index in [0.29, 0.717) is 6.04 Å². The van der Waals surface area contributed by atoms with Gasteiger partial charge in [0.25, 0.3) is 0 Å². The molecule has 0 aromatic carbocycles. The third-order valence-electron chi connectivity index (χ3n) is 6.68. The van der Waals surface area contributed by atoms with E-state index in [2.05, 4.69) is 26.8 Å². The molecule has 2 aliphatic carbocycles. The molecule has 2 aromatic heterocycles. The average Bonchev–Trinajstić information content (AvgIpc) is 3.89. The Morgan fingerprint density at radius 2 is 1.32 bits per heavy atom. The Morgan fingerprint density at radius 1 is 0.809 bits per heavy atom. The molecule has 0 bridgehead atoms. The summed E-state index contributed by atoms with van der Waals surface area (Å²) in [7, 11) is 0. The van der Waals surface area contributed by atoms with Gasteiger partial charge < -0.3 is 20.1 Å². The molecule has 5 rings (SSSR count). The van der Waals surface area contributed by atoms with Crippen molar-refractivity contribution in [2.75, 3.05) is 19.8 Å². The topological polar surface area (TPSA) is 155 Å². The molecule has 0 amide bonds. The number of fused-ring (bicyclic) bond motifs is 1. The summed E-state index contributed by atoms with van der Waals surface area (Å²) in [6.07, 6.45) is -2.83. The Balaban J connectivity index is 0.000000301. The van der Waals surface area contributed by atoms with Gasteiger partial charge in [-0.05, 0) is 61.1 Å². The van der Waals surface area contributed by atoms with Crippen molar-refractivity contribution in [2.24, 2.45) is 11.8 Å². The van der Waals surface area contributed by atoms with Crippen LogP contribution in [0.15, 0.2) is 30.7 Å². The van der Waals surface area contributed by atoms with Crippen LogP contribution in [0.2, 0.25) is 0 Å². The summed E-state index contributed by atoms with van der Waals surface area (Å²) >= 11 is 0. The van der Waals surface area contributed by atoms with Crippen molar-refractivity contribution in [1.82, 2.24) is 19.7 Å². The van der Waals surface area contributed by atoms with Crippen molar-refractivity contribution >= 4 is 17.9 Å². The fraction of sp³-hybridized carbons (Fsp3) is 0.593. The summed E-state index contributed by atoms with van der Waals surface area (Å²) in [5.74, 6) is -6.63. The van der Waals surface area contributed by atoms with Gasteiger partial charge in [0.1, 0.15) is 0 Å². The molecule has 264 valence electrons. The average molecular weight is 695 g/mol. The summed E-state index contributed by atoms with van der Waals surface area (Å²) < 4.78 is 104. The highest BCUT2D eigenvalue weighted by atomic mass is 19.4. The van der Waals surface area contributed by atoms with Crippen molar-refractivity contribution in [3.05, 3.63) is 47.5 Å². The zero-order chi connectivity index (χ0) is 35.6. The predicted molar refractivity (Wildman–Crippen MR) is 141 cm³/mol. The van der Waals surface area contributed by atoms with E-state index in [-0.39, 0.29) is 0 Å². The fourth-order valence-electron chi connectivity index (χ4n) is 4.03. The van der Waals surface area contributed by atoms with E-state index in [0.717, 1.165) is 51.1 Å². The summed E-state index contributed by atoms with van der Waals surface area (Å²) in [4.78, 5) is 33.5. The number of ether oxygens (including phenoxy) is 1. The van der Waals surface area contributed by atoms with Crippen LogP contribution < -0.4 is 0 Å². The number of hydrogen-bond acceptors (Lipinski definition) is 7. The van der Waals surface area contributed by atoms with Gasteiger partial charge in [0.2, 0.25) is 0 Å². The second-order valence-corrected chi connectivity index (χ2v) is 10.7. The highest BCUT2D eigenvalue weighted by Gasteiger charge is 2.39. The Labute approximate surface area is 260 Å².